The topological polar surface area (TPSA) is 208 Å². The van der Waals surface area contributed by atoms with E-state index in [4.69, 9.17) is 23.4 Å². The second kappa shape index (κ2) is 12.7. The number of phosphoric ester groups is 1. The molecule has 0 amide bonds. The fraction of sp³-hybridized carbons (Fsp3) is 0.407. The fourth-order valence-corrected chi connectivity index (χ4v) is 5.74. The Morgan fingerprint density at radius 2 is 1.84 bits per heavy atom. The van der Waals surface area contributed by atoms with Gasteiger partial charge in [0.2, 0.25) is 0 Å². The molecule has 0 radical (unpaired) electrons. The first-order valence-electron chi connectivity index (χ1n) is 13.5. The number of aromatic nitrogens is 4. The average Bonchev–Trinajstić information content (AvgIpc) is 3.55. The number of H-pyrrole nitrogens is 1. The molecule has 2 aromatic carbocycles. The summed E-state index contributed by atoms with van der Waals surface area (Å²) >= 11 is 0. The Morgan fingerprint density at radius 1 is 1.11 bits per heavy atom. The standard InChI is InChI=1S/C27H32N5O11P/c1-14(2)41-32(18-11-7-9-16-8-5-6-10-17(16)18)15(3)26(36)42-44(37,38)43-27(39-4)22-20(33)21(34)25(40-22)31-13-30-19-23(31)28-12-29-24(19)35/h5-15,20-22,25,27,33-34H,1-4H3,(H,37,38)(H,28,29,35)/t15-,20-,21+,22-,25+,27?/m0/s1. The number of ether oxygens (including phenoxy) is 2. The van der Waals surface area contributed by atoms with E-state index in [1.807, 2.05) is 30.3 Å². The number of hydroxylamine groups is 1. The number of hydrogen-bond acceptors (Lipinski definition) is 13. The Balaban J connectivity index is 1.32. The SMILES string of the molecule is COC(OP(=O)(O)OC(=O)[C@H](C)N(OC(C)C)c1cccc2ccccc12)[C@H]1O[C@@H](n2cnc3c(=O)[nH]cnc32)[C@H](O)[C@@H]1O. The first-order valence-corrected chi connectivity index (χ1v) is 15.0. The summed E-state index contributed by atoms with van der Waals surface area (Å²) in [6, 6.07) is 11.6. The third-order valence-corrected chi connectivity index (χ3v) is 7.76. The highest BCUT2D eigenvalue weighted by molar-refractivity contribution is 7.48. The third kappa shape index (κ3) is 6.24. The van der Waals surface area contributed by atoms with Crippen molar-refractivity contribution in [3.8, 4) is 0 Å². The van der Waals surface area contributed by atoms with E-state index in [0.717, 1.165) is 24.2 Å². The van der Waals surface area contributed by atoms with Crippen LogP contribution in [0.25, 0.3) is 21.9 Å². The summed E-state index contributed by atoms with van der Waals surface area (Å²) in [6.07, 6.45) is -6.07. The summed E-state index contributed by atoms with van der Waals surface area (Å²) in [5.74, 6) is -1.16. The van der Waals surface area contributed by atoms with E-state index in [1.165, 1.54) is 22.9 Å². The largest absolute Gasteiger partial charge is 0.532 e. The van der Waals surface area contributed by atoms with Crippen LogP contribution in [0.3, 0.4) is 0 Å². The second-order valence-electron chi connectivity index (χ2n) is 10.3. The molecule has 4 aromatic rings. The van der Waals surface area contributed by atoms with Gasteiger partial charge < -0.3 is 29.2 Å². The van der Waals surface area contributed by atoms with Gasteiger partial charge in [0, 0.05) is 12.5 Å². The number of aliphatic hydroxyl groups excluding tert-OH is 2. The summed E-state index contributed by atoms with van der Waals surface area (Å²) in [5, 5.41) is 24.4. The summed E-state index contributed by atoms with van der Waals surface area (Å²) in [7, 11) is -4.12. The molecule has 3 heterocycles. The van der Waals surface area contributed by atoms with Crippen molar-refractivity contribution in [2.24, 2.45) is 0 Å². The zero-order valence-corrected chi connectivity index (χ0v) is 25.0. The lowest BCUT2D eigenvalue weighted by Crippen LogP contribution is -2.42. The van der Waals surface area contributed by atoms with Gasteiger partial charge in [0.25, 0.3) is 5.56 Å². The van der Waals surface area contributed by atoms with E-state index >= 15 is 0 Å². The molecule has 5 rings (SSSR count). The number of hydrogen-bond donors (Lipinski definition) is 4. The normalized spacial score (nSPS) is 23.1. The van der Waals surface area contributed by atoms with Crippen molar-refractivity contribution in [3.63, 3.8) is 0 Å². The van der Waals surface area contributed by atoms with Gasteiger partial charge in [-0.3, -0.25) is 19.1 Å². The lowest BCUT2D eigenvalue weighted by atomic mass is 10.1. The number of imidazole rings is 1. The molecule has 4 N–H and O–H groups in total. The Kier molecular flexibility index (Phi) is 9.15. The number of carbonyl (C=O) groups is 1. The van der Waals surface area contributed by atoms with Crippen LogP contribution in [0.4, 0.5) is 5.69 Å². The van der Waals surface area contributed by atoms with Crippen molar-refractivity contribution in [3.05, 3.63) is 65.5 Å². The lowest BCUT2D eigenvalue weighted by molar-refractivity contribution is -0.178. The minimum atomic E-state index is -5.22. The summed E-state index contributed by atoms with van der Waals surface area (Å²) in [4.78, 5) is 52.1. The first-order chi connectivity index (χ1) is 20.9. The third-order valence-electron chi connectivity index (χ3n) is 6.88. The molecule has 1 fully saturated rings. The number of nitrogens with zero attached hydrogens (tertiary/aromatic N) is 4. The van der Waals surface area contributed by atoms with Crippen molar-refractivity contribution in [2.45, 2.75) is 63.7 Å². The number of benzene rings is 2. The van der Waals surface area contributed by atoms with Crippen LogP contribution in [0.15, 0.2) is 59.9 Å². The fourth-order valence-electron chi connectivity index (χ4n) is 4.85. The van der Waals surface area contributed by atoms with Gasteiger partial charge in [0.15, 0.2) is 29.7 Å². The van der Waals surface area contributed by atoms with Crippen LogP contribution >= 0.6 is 7.82 Å². The molecule has 0 bridgehead atoms. The smallest absolute Gasteiger partial charge is 0.387 e. The number of methoxy groups -OCH3 is 1. The first kappa shape index (κ1) is 31.7. The van der Waals surface area contributed by atoms with Crippen LogP contribution in [0, 0.1) is 0 Å². The number of anilines is 1. The predicted molar refractivity (Wildman–Crippen MR) is 154 cm³/mol. The summed E-state index contributed by atoms with van der Waals surface area (Å²) in [6.45, 7) is 4.95. The Labute approximate surface area is 250 Å². The quantitative estimate of drug-likeness (QED) is 0.105. The van der Waals surface area contributed by atoms with Crippen LogP contribution in [-0.2, 0) is 32.7 Å². The van der Waals surface area contributed by atoms with Gasteiger partial charge in [0.05, 0.1) is 24.4 Å². The van der Waals surface area contributed by atoms with Gasteiger partial charge >= 0.3 is 13.8 Å². The van der Waals surface area contributed by atoms with E-state index in [0.29, 0.717) is 5.69 Å². The minimum Gasteiger partial charge on any atom is -0.387 e. The number of aliphatic hydroxyl groups is 2. The van der Waals surface area contributed by atoms with Crippen LogP contribution < -0.4 is 10.6 Å². The van der Waals surface area contributed by atoms with Crippen molar-refractivity contribution in [1.82, 2.24) is 19.5 Å². The van der Waals surface area contributed by atoms with E-state index in [9.17, 15) is 29.3 Å². The molecule has 2 aromatic heterocycles. The van der Waals surface area contributed by atoms with Crippen LogP contribution in [0.5, 0.6) is 0 Å². The highest BCUT2D eigenvalue weighted by Gasteiger charge is 2.51. The van der Waals surface area contributed by atoms with Gasteiger partial charge in [-0.05, 0) is 32.2 Å². The summed E-state index contributed by atoms with van der Waals surface area (Å²) in [5.41, 5.74) is -0.00135. The molecular formula is C27H32N5O11P. The van der Waals surface area contributed by atoms with Gasteiger partial charge in [-0.25, -0.2) is 28.9 Å². The van der Waals surface area contributed by atoms with E-state index in [1.54, 1.807) is 26.0 Å². The number of fused-ring (bicyclic) bond motifs is 2. The van der Waals surface area contributed by atoms with E-state index in [-0.39, 0.29) is 17.3 Å². The predicted octanol–water partition coefficient (Wildman–Crippen LogP) is 1.76. The molecule has 0 spiro atoms. The van der Waals surface area contributed by atoms with Crippen LogP contribution in [0.1, 0.15) is 27.0 Å². The summed E-state index contributed by atoms with van der Waals surface area (Å²) < 4.78 is 35.2. The van der Waals surface area contributed by atoms with Crippen molar-refractivity contribution >= 4 is 41.4 Å². The maximum Gasteiger partial charge on any atom is 0.532 e. The maximum atomic E-state index is 13.2. The molecule has 0 saturated carbocycles. The number of carbonyl (C=O) groups excluding carboxylic acids is 1. The number of rotatable bonds is 11. The molecule has 1 saturated heterocycles. The number of aromatic amines is 1. The highest BCUT2D eigenvalue weighted by atomic mass is 31.2. The van der Waals surface area contributed by atoms with E-state index < -0.39 is 56.2 Å². The van der Waals surface area contributed by atoms with Gasteiger partial charge in [-0.2, -0.15) is 0 Å². The van der Waals surface area contributed by atoms with Crippen molar-refractivity contribution in [2.75, 3.05) is 12.2 Å². The molecular weight excluding hydrogens is 601 g/mol. The highest BCUT2D eigenvalue weighted by Crippen LogP contribution is 2.48. The molecule has 0 aliphatic carbocycles. The van der Waals surface area contributed by atoms with Crippen molar-refractivity contribution < 1.29 is 47.8 Å². The molecule has 7 atom stereocenters. The minimum absolute atomic E-state index is 0.0411. The molecule has 1 aliphatic heterocycles. The molecule has 44 heavy (non-hydrogen) atoms. The second-order valence-corrected chi connectivity index (χ2v) is 11.6. The van der Waals surface area contributed by atoms with Crippen molar-refractivity contribution in [1.29, 1.82) is 0 Å². The van der Waals surface area contributed by atoms with Gasteiger partial charge in [-0.15, -0.1) is 0 Å². The number of phosphoric acid groups is 1. The lowest BCUT2D eigenvalue weighted by Gasteiger charge is -2.32. The molecule has 16 nitrogen and oxygen atoms in total. The maximum absolute atomic E-state index is 13.2. The number of nitrogens with one attached hydrogen (secondary N) is 1. The van der Waals surface area contributed by atoms with E-state index in [2.05, 4.69) is 15.0 Å². The van der Waals surface area contributed by atoms with Gasteiger partial charge in [-0.1, -0.05) is 36.4 Å². The monoisotopic (exact) mass is 633 g/mol. The Bertz CT molecular complexity index is 1740. The zero-order chi connectivity index (χ0) is 31.8. The van der Waals surface area contributed by atoms with Crippen LogP contribution in [-0.4, -0.2) is 84.5 Å². The molecule has 236 valence electrons. The van der Waals surface area contributed by atoms with Crippen LogP contribution in [0.2, 0.25) is 0 Å². The Hall–Kier alpha value is -3.73. The molecule has 1 aliphatic rings. The average molecular weight is 634 g/mol. The zero-order valence-electron chi connectivity index (χ0n) is 24.1. The Morgan fingerprint density at radius 3 is 2.57 bits per heavy atom. The molecule has 17 heteroatoms. The van der Waals surface area contributed by atoms with Gasteiger partial charge in [0.1, 0.15) is 18.3 Å². The molecule has 2 unspecified atom stereocenters.